The van der Waals surface area contributed by atoms with Crippen LogP contribution in [0.1, 0.15) is 41.8 Å². The maximum Gasteiger partial charge on any atom is 0.159 e. The SMILES string of the molecule is C=C/C=C(/c1cc(F)cc(CCCN2CCCC2)c1)c1nc(-c2n[nH]c3ccc(-c4cncc(N)c4)cc23)[nH]c1C. The van der Waals surface area contributed by atoms with Gasteiger partial charge in [0.15, 0.2) is 5.82 Å². The minimum Gasteiger partial charge on any atom is -0.397 e. The number of nitrogens with one attached hydrogen (secondary N) is 2. The summed E-state index contributed by atoms with van der Waals surface area (Å²) in [5.41, 5.74) is 14.3. The van der Waals surface area contributed by atoms with E-state index in [4.69, 9.17) is 10.7 Å². The van der Waals surface area contributed by atoms with Gasteiger partial charge in [-0.15, -0.1) is 0 Å². The fourth-order valence-corrected chi connectivity index (χ4v) is 5.72. The van der Waals surface area contributed by atoms with Crippen molar-refractivity contribution in [2.45, 2.75) is 32.6 Å². The molecule has 1 saturated heterocycles. The lowest BCUT2D eigenvalue weighted by Gasteiger charge is -2.14. The van der Waals surface area contributed by atoms with Crippen LogP contribution in [0.3, 0.4) is 0 Å². The molecule has 2 aromatic carbocycles. The van der Waals surface area contributed by atoms with Crippen molar-refractivity contribution in [3.8, 4) is 22.6 Å². The van der Waals surface area contributed by atoms with Gasteiger partial charge < -0.3 is 15.6 Å². The highest BCUT2D eigenvalue weighted by Crippen LogP contribution is 2.33. The van der Waals surface area contributed by atoms with Gasteiger partial charge in [0.05, 0.1) is 16.9 Å². The number of anilines is 1. The Bertz CT molecular complexity index is 1740. The largest absolute Gasteiger partial charge is 0.397 e. The molecule has 0 atom stereocenters. The second-order valence-electron chi connectivity index (χ2n) is 10.7. The molecule has 5 aromatic rings. The average Bonchev–Trinajstić information content (AvgIpc) is 3.71. The summed E-state index contributed by atoms with van der Waals surface area (Å²) < 4.78 is 14.9. The van der Waals surface area contributed by atoms with Crippen molar-refractivity contribution in [3.05, 3.63) is 102 Å². The third-order valence-corrected chi connectivity index (χ3v) is 7.71. The maximum absolute atomic E-state index is 14.9. The monoisotopic (exact) mass is 547 g/mol. The third-order valence-electron chi connectivity index (χ3n) is 7.71. The summed E-state index contributed by atoms with van der Waals surface area (Å²) in [5.74, 6) is 0.382. The minimum atomic E-state index is -0.246. The molecule has 4 heterocycles. The van der Waals surface area contributed by atoms with Crippen LogP contribution < -0.4 is 5.73 Å². The summed E-state index contributed by atoms with van der Waals surface area (Å²) in [6.45, 7) is 9.28. The van der Waals surface area contributed by atoms with Gasteiger partial charge in [0.25, 0.3) is 0 Å². The predicted octanol–water partition coefficient (Wildman–Crippen LogP) is 6.69. The molecular formula is C33H34FN7. The number of pyridine rings is 1. The molecule has 7 nitrogen and oxygen atoms in total. The van der Waals surface area contributed by atoms with Crippen LogP contribution >= 0.6 is 0 Å². The molecule has 0 spiro atoms. The van der Waals surface area contributed by atoms with E-state index in [9.17, 15) is 4.39 Å². The summed E-state index contributed by atoms with van der Waals surface area (Å²) in [5, 5.41) is 8.62. The van der Waals surface area contributed by atoms with Crippen LogP contribution in [0.15, 0.2) is 73.6 Å². The molecule has 0 unspecified atom stereocenters. The number of H-pyrrole nitrogens is 2. The van der Waals surface area contributed by atoms with Crippen LogP contribution in [-0.2, 0) is 6.42 Å². The summed E-state index contributed by atoms with van der Waals surface area (Å²) in [6.07, 6.45) is 11.4. The number of nitrogens with zero attached hydrogens (tertiary/aromatic N) is 4. The van der Waals surface area contributed by atoms with Gasteiger partial charge in [-0.05, 0) is 99.3 Å². The lowest BCUT2D eigenvalue weighted by atomic mass is 9.97. The Morgan fingerprint density at radius 1 is 1.10 bits per heavy atom. The number of hydrogen-bond acceptors (Lipinski definition) is 5. The molecule has 1 aliphatic heterocycles. The summed E-state index contributed by atoms with van der Waals surface area (Å²) >= 11 is 0. The van der Waals surface area contributed by atoms with Crippen molar-refractivity contribution in [3.63, 3.8) is 0 Å². The normalized spacial score (nSPS) is 14.2. The first-order valence-electron chi connectivity index (χ1n) is 14.1. The van der Waals surface area contributed by atoms with Gasteiger partial charge in [-0.25, -0.2) is 9.37 Å². The van der Waals surface area contributed by atoms with Gasteiger partial charge >= 0.3 is 0 Å². The molecule has 0 saturated carbocycles. The Morgan fingerprint density at radius 2 is 1.95 bits per heavy atom. The zero-order valence-corrected chi connectivity index (χ0v) is 23.3. The number of aromatic amines is 2. The Hall–Kier alpha value is -4.56. The van der Waals surface area contributed by atoms with E-state index in [2.05, 4.69) is 43.8 Å². The van der Waals surface area contributed by atoms with Crippen LogP contribution in [0.25, 0.3) is 39.1 Å². The van der Waals surface area contributed by atoms with Gasteiger partial charge in [-0.3, -0.25) is 10.1 Å². The standard InChI is InChI=1S/C33H34FN7/c1-3-7-28(24-14-22(15-26(34)16-24)8-6-13-41-11-4-5-12-41)31-21(2)37-33(38-31)32-29-18-23(9-10-30(29)39-40-32)25-17-27(35)20-36-19-25/h3,7,9-10,14-20H,1,4-6,8,11-13,35H2,2H3,(H,37,38)(H,39,40)/b28-7-. The molecule has 3 aromatic heterocycles. The van der Waals surface area contributed by atoms with E-state index in [1.54, 1.807) is 30.6 Å². The van der Waals surface area contributed by atoms with E-state index in [1.807, 2.05) is 31.2 Å². The number of aryl methyl sites for hydroxylation is 2. The maximum atomic E-state index is 14.9. The molecule has 208 valence electrons. The lowest BCUT2D eigenvalue weighted by molar-refractivity contribution is 0.334. The minimum absolute atomic E-state index is 0.246. The number of hydrogen-bond donors (Lipinski definition) is 3. The van der Waals surface area contributed by atoms with Crippen LogP contribution in [0.4, 0.5) is 10.1 Å². The number of likely N-dealkylation sites (tertiary alicyclic amines) is 1. The van der Waals surface area contributed by atoms with E-state index >= 15 is 0 Å². The number of allylic oxidation sites excluding steroid dienone is 2. The lowest BCUT2D eigenvalue weighted by Crippen LogP contribution is -2.20. The fraction of sp³-hybridized carbons (Fsp3) is 0.242. The second kappa shape index (κ2) is 11.5. The first kappa shape index (κ1) is 26.7. The number of fused-ring (bicyclic) bond motifs is 1. The molecule has 0 aliphatic carbocycles. The van der Waals surface area contributed by atoms with Gasteiger partial charge in [0.2, 0.25) is 0 Å². The Morgan fingerprint density at radius 3 is 2.76 bits per heavy atom. The van der Waals surface area contributed by atoms with E-state index in [0.717, 1.165) is 69.5 Å². The second-order valence-corrected chi connectivity index (χ2v) is 10.7. The van der Waals surface area contributed by atoms with Crippen LogP contribution in [-0.4, -0.2) is 49.7 Å². The first-order chi connectivity index (χ1) is 20.0. The van der Waals surface area contributed by atoms with Crippen molar-refractivity contribution in [1.29, 1.82) is 0 Å². The Kier molecular flexibility index (Phi) is 7.48. The number of halogens is 1. The summed E-state index contributed by atoms with van der Waals surface area (Å²) in [4.78, 5) is 15.1. The van der Waals surface area contributed by atoms with Crippen molar-refractivity contribution in [2.24, 2.45) is 0 Å². The number of benzene rings is 2. The zero-order chi connectivity index (χ0) is 28.3. The predicted molar refractivity (Wildman–Crippen MR) is 164 cm³/mol. The zero-order valence-electron chi connectivity index (χ0n) is 23.3. The van der Waals surface area contributed by atoms with E-state index in [-0.39, 0.29) is 5.82 Å². The molecule has 41 heavy (non-hydrogen) atoms. The van der Waals surface area contributed by atoms with E-state index < -0.39 is 0 Å². The van der Waals surface area contributed by atoms with Gasteiger partial charge in [-0.1, -0.05) is 30.9 Å². The molecule has 8 heteroatoms. The number of imidazole rings is 1. The topological polar surface area (TPSA) is 99.5 Å². The Balaban J connectivity index is 1.32. The smallest absolute Gasteiger partial charge is 0.159 e. The molecule has 6 rings (SSSR count). The highest BCUT2D eigenvalue weighted by molar-refractivity contribution is 5.95. The molecule has 1 aliphatic rings. The van der Waals surface area contributed by atoms with Crippen LogP contribution in [0, 0.1) is 12.7 Å². The highest BCUT2D eigenvalue weighted by atomic mass is 19.1. The summed E-state index contributed by atoms with van der Waals surface area (Å²) in [6, 6.07) is 13.2. The van der Waals surface area contributed by atoms with E-state index in [1.165, 1.54) is 25.9 Å². The number of nitrogens with two attached hydrogens (primary N) is 1. The molecule has 0 amide bonds. The molecule has 0 radical (unpaired) electrons. The first-order valence-corrected chi connectivity index (χ1v) is 14.1. The Labute approximate surface area is 239 Å². The molecule has 1 fully saturated rings. The molecule has 0 bridgehead atoms. The van der Waals surface area contributed by atoms with Crippen molar-refractivity contribution >= 4 is 22.2 Å². The van der Waals surface area contributed by atoms with Crippen LogP contribution in [0.2, 0.25) is 0 Å². The number of rotatable bonds is 9. The van der Waals surface area contributed by atoms with Gasteiger partial charge in [0, 0.05) is 34.6 Å². The quantitative estimate of drug-likeness (QED) is 0.179. The number of nitrogen functional groups attached to an aromatic ring is 1. The molecular weight excluding hydrogens is 513 g/mol. The third kappa shape index (κ3) is 5.69. The number of aromatic nitrogens is 5. The van der Waals surface area contributed by atoms with Gasteiger partial charge in [-0.2, -0.15) is 5.10 Å². The fourth-order valence-electron chi connectivity index (χ4n) is 5.72. The van der Waals surface area contributed by atoms with Crippen LogP contribution in [0.5, 0.6) is 0 Å². The average molecular weight is 548 g/mol. The summed E-state index contributed by atoms with van der Waals surface area (Å²) in [7, 11) is 0. The van der Waals surface area contributed by atoms with Crippen molar-refractivity contribution in [1.82, 2.24) is 30.0 Å². The molecule has 4 N–H and O–H groups in total. The van der Waals surface area contributed by atoms with Crippen molar-refractivity contribution in [2.75, 3.05) is 25.4 Å². The van der Waals surface area contributed by atoms with Gasteiger partial charge in [0.1, 0.15) is 11.5 Å². The van der Waals surface area contributed by atoms with E-state index in [0.29, 0.717) is 17.2 Å². The highest BCUT2D eigenvalue weighted by Gasteiger charge is 2.19. The van der Waals surface area contributed by atoms with Crippen molar-refractivity contribution < 1.29 is 4.39 Å².